The van der Waals surface area contributed by atoms with E-state index in [2.05, 4.69) is 74.4 Å². The largest absolute Gasteiger partial charge is 0.360 e. The molecular weight excluding hydrogens is 262 g/mol. The van der Waals surface area contributed by atoms with E-state index in [1.54, 1.807) is 0 Å². The molecule has 1 heterocycles. The summed E-state index contributed by atoms with van der Waals surface area (Å²) >= 11 is 1.86. The Kier molecular flexibility index (Phi) is 3.58. The average Bonchev–Trinajstić information content (AvgIpc) is 2.84. The Morgan fingerprint density at radius 2 is 1.75 bits per heavy atom. The van der Waals surface area contributed by atoms with Gasteiger partial charge >= 0.3 is 0 Å². The fourth-order valence-corrected chi connectivity index (χ4v) is 3.88. The predicted octanol–water partition coefficient (Wildman–Crippen LogP) is 5.75. The molecule has 3 rings (SSSR count). The van der Waals surface area contributed by atoms with Crippen LogP contribution in [0.15, 0.2) is 58.5 Å². The third kappa shape index (κ3) is 2.36. The number of benzene rings is 2. The fraction of sp³-hybridized carbons (Fsp3) is 0.222. The molecule has 0 amide bonds. The lowest BCUT2D eigenvalue weighted by Crippen LogP contribution is -1.90. The maximum Gasteiger partial charge on any atom is 0.0468 e. The molecule has 0 saturated heterocycles. The van der Waals surface area contributed by atoms with E-state index in [-0.39, 0.29) is 0 Å². The number of hydrogen-bond acceptors (Lipinski definition) is 1. The van der Waals surface area contributed by atoms with E-state index in [1.165, 1.54) is 31.8 Å². The summed E-state index contributed by atoms with van der Waals surface area (Å²) in [5.74, 6) is 0.546. The minimum absolute atomic E-state index is 0.546. The zero-order valence-electron chi connectivity index (χ0n) is 12.1. The molecule has 1 aromatic heterocycles. The zero-order chi connectivity index (χ0) is 14.1. The average molecular weight is 281 g/mol. The summed E-state index contributed by atoms with van der Waals surface area (Å²) in [6, 6.07) is 15.1. The lowest BCUT2D eigenvalue weighted by Gasteiger charge is -2.11. The second-order valence-corrected chi connectivity index (χ2v) is 6.53. The van der Waals surface area contributed by atoms with Gasteiger partial charge < -0.3 is 4.98 Å². The Labute approximate surface area is 124 Å². The molecule has 3 aromatic rings. The minimum atomic E-state index is 0.546. The van der Waals surface area contributed by atoms with E-state index in [1.807, 2.05) is 11.8 Å². The first-order chi connectivity index (χ1) is 9.66. The van der Waals surface area contributed by atoms with Crippen LogP contribution in [-0.2, 0) is 0 Å². The number of aryl methyl sites for hydroxylation is 1. The maximum absolute atomic E-state index is 3.38. The summed E-state index contributed by atoms with van der Waals surface area (Å²) in [7, 11) is 0. The fourth-order valence-electron chi connectivity index (χ4n) is 2.58. The molecule has 0 aliphatic rings. The normalized spacial score (nSPS) is 11.4. The second kappa shape index (κ2) is 5.37. The summed E-state index contributed by atoms with van der Waals surface area (Å²) in [6.07, 6.45) is 2.12. The number of hydrogen-bond donors (Lipinski definition) is 1. The van der Waals surface area contributed by atoms with Gasteiger partial charge in [0.1, 0.15) is 0 Å². The van der Waals surface area contributed by atoms with Gasteiger partial charge in [0.2, 0.25) is 0 Å². The Hall–Kier alpha value is -1.67. The van der Waals surface area contributed by atoms with E-state index in [0.29, 0.717) is 5.92 Å². The molecule has 0 unspecified atom stereocenters. The van der Waals surface area contributed by atoms with Gasteiger partial charge in [-0.2, -0.15) is 0 Å². The Morgan fingerprint density at radius 1 is 0.950 bits per heavy atom. The van der Waals surface area contributed by atoms with Crippen LogP contribution in [0.3, 0.4) is 0 Å². The summed E-state index contributed by atoms with van der Waals surface area (Å²) in [6.45, 7) is 6.67. The number of H-pyrrole nitrogens is 1. The minimum Gasteiger partial charge on any atom is -0.360 e. The number of nitrogens with one attached hydrogen (secondary N) is 1. The van der Waals surface area contributed by atoms with Crippen molar-refractivity contribution in [3.63, 3.8) is 0 Å². The van der Waals surface area contributed by atoms with E-state index >= 15 is 0 Å². The van der Waals surface area contributed by atoms with E-state index in [0.717, 1.165) is 0 Å². The van der Waals surface area contributed by atoms with Crippen molar-refractivity contribution in [1.82, 2.24) is 4.98 Å². The van der Waals surface area contributed by atoms with Gasteiger partial charge in [0.25, 0.3) is 0 Å². The van der Waals surface area contributed by atoms with Gasteiger partial charge in [-0.1, -0.05) is 55.9 Å². The van der Waals surface area contributed by atoms with Crippen molar-refractivity contribution < 1.29 is 0 Å². The Balaban J connectivity index is 2.06. The van der Waals surface area contributed by atoms with Gasteiger partial charge in [-0.15, -0.1) is 0 Å². The molecule has 20 heavy (non-hydrogen) atoms. The van der Waals surface area contributed by atoms with Gasteiger partial charge in [-0.3, -0.25) is 0 Å². The zero-order valence-corrected chi connectivity index (χ0v) is 12.9. The first-order valence-corrected chi connectivity index (χ1v) is 7.82. The third-order valence-corrected chi connectivity index (χ3v) is 4.77. The van der Waals surface area contributed by atoms with Gasteiger partial charge in [-0.05, 0) is 36.1 Å². The van der Waals surface area contributed by atoms with Gasteiger partial charge in [-0.25, -0.2) is 0 Å². The van der Waals surface area contributed by atoms with Gasteiger partial charge in [0.15, 0.2) is 0 Å². The van der Waals surface area contributed by atoms with Crippen molar-refractivity contribution in [2.45, 2.75) is 36.5 Å². The number of aromatic nitrogens is 1. The van der Waals surface area contributed by atoms with Crippen LogP contribution in [0.4, 0.5) is 0 Å². The Bertz CT molecular complexity index is 740. The molecule has 0 saturated carbocycles. The molecule has 2 heteroatoms. The third-order valence-electron chi connectivity index (χ3n) is 3.64. The second-order valence-electron chi connectivity index (χ2n) is 5.44. The molecule has 0 spiro atoms. The van der Waals surface area contributed by atoms with Crippen molar-refractivity contribution in [2.24, 2.45) is 0 Å². The Morgan fingerprint density at radius 3 is 2.55 bits per heavy atom. The van der Waals surface area contributed by atoms with Crippen LogP contribution < -0.4 is 0 Å². The van der Waals surface area contributed by atoms with Crippen LogP contribution >= 0.6 is 11.8 Å². The highest BCUT2D eigenvalue weighted by molar-refractivity contribution is 7.99. The van der Waals surface area contributed by atoms with Crippen molar-refractivity contribution >= 4 is 22.7 Å². The maximum atomic E-state index is 3.38. The SMILES string of the molecule is Cc1cccc2[nH]cc(Sc3ccccc3C(C)C)c12. The smallest absolute Gasteiger partial charge is 0.0468 e. The van der Waals surface area contributed by atoms with Crippen LogP contribution in [0.2, 0.25) is 0 Å². The van der Waals surface area contributed by atoms with Crippen LogP contribution in [0.25, 0.3) is 10.9 Å². The first-order valence-electron chi connectivity index (χ1n) is 7.00. The number of aromatic amines is 1. The molecule has 0 fully saturated rings. The highest BCUT2D eigenvalue weighted by atomic mass is 32.2. The molecule has 1 N–H and O–H groups in total. The molecule has 2 aromatic carbocycles. The van der Waals surface area contributed by atoms with Gasteiger partial charge in [0.05, 0.1) is 0 Å². The van der Waals surface area contributed by atoms with Crippen LogP contribution in [0.5, 0.6) is 0 Å². The lowest BCUT2D eigenvalue weighted by atomic mass is 10.0. The molecule has 0 aliphatic heterocycles. The number of rotatable bonds is 3. The molecule has 102 valence electrons. The van der Waals surface area contributed by atoms with E-state index in [9.17, 15) is 0 Å². The van der Waals surface area contributed by atoms with Crippen molar-refractivity contribution in [1.29, 1.82) is 0 Å². The van der Waals surface area contributed by atoms with E-state index < -0.39 is 0 Å². The monoisotopic (exact) mass is 281 g/mol. The molecular formula is C18H19NS. The molecule has 1 nitrogen and oxygen atoms in total. The van der Waals surface area contributed by atoms with E-state index in [4.69, 9.17) is 0 Å². The summed E-state index contributed by atoms with van der Waals surface area (Å²) in [5, 5.41) is 1.34. The lowest BCUT2D eigenvalue weighted by molar-refractivity contribution is 0.842. The quantitative estimate of drug-likeness (QED) is 0.646. The predicted molar refractivity (Wildman–Crippen MR) is 87.7 cm³/mol. The molecule has 0 aliphatic carbocycles. The van der Waals surface area contributed by atoms with Crippen molar-refractivity contribution in [3.05, 3.63) is 59.8 Å². The van der Waals surface area contributed by atoms with Crippen molar-refractivity contribution in [3.8, 4) is 0 Å². The molecule has 0 radical (unpaired) electrons. The summed E-state index contributed by atoms with van der Waals surface area (Å²) in [4.78, 5) is 6.04. The highest BCUT2D eigenvalue weighted by Crippen LogP contribution is 2.38. The standard InChI is InChI=1S/C18H19NS/c1-12(2)14-8-4-5-10-16(14)20-17-11-19-15-9-6-7-13(3)18(15)17/h4-12,19H,1-3H3. The van der Waals surface area contributed by atoms with Crippen LogP contribution in [0.1, 0.15) is 30.9 Å². The molecule has 0 atom stereocenters. The topological polar surface area (TPSA) is 15.8 Å². The summed E-state index contributed by atoms with van der Waals surface area (Å²) in [5.41, 5.74) is 3.96. The van der Waals surface area contributed by atoms with Gasteiger partial charge in [0, 0.05) is 26.9 Å². The summed E-state index contributed by atoms with van der Waals surface area (Å²) < 4.78 is 0. The number of fused-ring (bicyclic) bond motifs is 1. The van der Waals surface area contributed by atoms with Crippen molar-refractivity contribution in [2.75, 3.05) is 0 Å². The highest BCUT2D eigenvalue weighted by Gasteiger charge is 2.11. The van der Waals surface area contributed by atoms with Crippen LogP contribution in [0, 0.1) is 6.92 Å². The molecule has 0 bridgehead atoms. The first kappa shape index (κ1) is 13.3. The van der Waals surface area contributed by atoms with Crippen LogP contribution in [-0.4, -0.2) is 4.98 Å².